The fourth-order valence-corrected chi connectivity index (χ4v) is 2.46. The Hall–Kier alpha value is -1.62. The molecule has 2 heterocycles. The third-order valence-electron chi connectivity index (χ3n) is 3.39. The van der Waals surface area contributed by atoms with Crippen molar-refractivity contribution in [3.8, 4) is 0 Å². The Bertz CT molecular complexity index is 496. The summed E-state index contributed by atoms with van der Waals surface area (Å²) in [4.78, 5) is 17.8. The molecule has 2 atom stereocenters. The van der Waals surface area contributed by atoms with E-state index >= 15 is 0 Å². The first kappa shape index (κ1) is 14.8. The third kappa shape index (κ3) is 3.28. The standard InChI is InChI=1S/C15H22N2O3/c1-10-11(6-5-7-16-10)12-8-17(9-13(12)18)14(19)20-15(2,3)4/h5-7,12-13,18H,8-9H2,1-4H3. The summed E-state index contributed by atoms with van der Waals surface area (Å²) >= 11 is 0. The van der Waals surface area contributed by atoms with Gasteiger partial charge in [0.25, 0.3) is 0 Å². The lowest BCUT2D eigenvalue weighted by molar-refractivity contribution is 0.0270. The van der Waals surface area contributed by atoms with Crippen LogP contribution >= 0.6 is 0 Å². The van der Waals surface area contributed by atoms with Crippen molar-refractivity contribution >= 4 is 6.09 Å². The van der Waals surface area contributed by atoms with Gasteiger partial charge in [-0.3, -0.25) is 4.98 Å². The normalized spacial score (nSPS) is 22.9. The monoisotopic (exact) mass is 278 g/mol. The molecule has 1 aromatic rings. The molecule has 1 fully saturated rings. The van der Waals surface area contributed by atoms with E-state index in [4.69, 9.17) is 4.74 Å². The number of hydrogen-bond acceptors (Lipinski definition) is 4. The van der Waals surface area contributed by atoms with Crippen LogP contribution < -0.4 is 0 Å². The number of β-amino-alcohol motifs (C(OH)–C–C–N with tert-alkyl or cyclic N) is 1. The predicted octanol–water partition coefficient (Wildman–Crippen LogP) is 2.09. The van der Waals surface area contributed by atoms with Crippen molar-refractivity contribution in [2.45, 2.75) is 45.3 Å². The number of carbonyl (C=O) groups is 1. The van der Waals surface area contributed by atoms with Gasteiger partial charge < -0.3 is 14.7 Å². The number of amides is 1. The summed E-state index contributed by atoms with van der Waals surface area (Å²) < 4.78 is 5.34. The average Bonchev–Trinajstić information content (AvgIpc) is 2.70. The van der Waals surface area contributed by atoms with E-state index in [9.17, 15) is 9.90 Å². The Morgan fingerprint density at radius 2 is 2.15 bits per heavy atom. The van der Waals surface area contributed by atoms with Gasteiger partial charge in [0.2, 0.25) is 0 Å². The number of aryl methyl sites for hydroxylation is 1. The molecule has 0 bridgehead atoms. The van der Waals surface area contributed by atoms with Gasteiger partial charge in [0, 0.05) is 24.4 Å². The molecule has 0 radical (unpaired) electrons. The van der Waals surface area contributed by atoms with Gasteiger partial charge in [-0.1, -0.05) is 6.07 Å². The molecule has 1 amide bonds. The molecule has 5 nitrogen and oxygen atoms in total. The highest BCUT2D eigenvalue weighted by Crippen LogP contribution is 2.29. The van der Waals surface area contributed by atoms with Crippen molar-refractivity contribution < 1.29 is 14.6 Å². The number of pyridine rings is 1. The number of ether oxygens (including phenoxy) is 1. The third-order valence-corrected chi connectivity index (χ3v) is 3.39. The molecule has 0 aromatic carbocycles. The van der Waals surface area contributed by atoms with Gasteiger partial charge in [0.05, 0.1) is 12.6 Å². The van der Waals surface area contributed by atoms with E-state index in [-0.39, 0.29) is 12.0 Å². The minimum atomic E-state index is -0.578. The quantitative estimate of drug-likeness (QED) is 0.854. The van der Waals surface area contributed by atoms with Gasteiger partial charge in [0.15, 0.2) is 0 Å². The Morgan fingerprint density at radius 1 is 1.45 bits per heavy atom. The minimum Gasteiger partial charge on any atom is -0.444 e. The molecule has 0 spiro atoms. The van der Waals surface area contributed by atoms with Crippen LogP contribution in [0.3, 0.4) is 0 Å². The number of likely N-dealkylation sites (tertiary alicyclic amines) is 1. The highest BCUT2D eigenvalue weighted by molar-refractivity contribution is 5.69. The summed E-state index contributed by atoms with van der Waals surface area (Å²) in [6, 6.07) is 3.81. The fourth-order valence-electron chi connectivity index (χ4n) is 2.46. The van der Waals surface area contributed by atoms with Crippen LogP contribution in [-0.2, 0) is 4.74 Å². The fraction of sp³-hybridized carbons (Fsp3) is 0.600. The van der Waals surface area contributed by atoms with Gasteiger partial charge in [-0.2, -0.15) is 0 Å². The SMILES string of the molecule is Cc1ncccc1C1CN(C(=O)OC(C)(C)C)CC1O. The summed E-state index contributed by atoms with van der Waals surface area (Å²) in [5.74, 6) is -0.101. The Kier molecular flexibility index (Phi) is 3.99. The number of carbonyl (C=O) groups excluding carboxylic acids is 1. The smallest absolute Gasteiger partial charge is 0.410 e. The average molecular weight is 278 g/mol. The second kappa shape index (κ2) is 5.40. The zero-order chi connectivity index (χ0) is 14.9. The largest absolute Gasteiger partial charge is 0.444 e. The first-order valence-electron chi connectivity index (χ1n) is 6.85. The molecule has 110 valence electrons. The molecule has 1 N–H and O–H groups in total. The van der Waals surface area contributed by atoms with Gasteiger partial charge in [-0.15, -0.1) is 0 Å². The van der Waals surface area contributed by atoms with Crippen molar-refractivity contribution in [2.24, 2.45) is 0 Å². The van der Waals surface area contributed by atoms with Crippen LogP contribution in [0.25, 0.3) is 0 Å². The molecule has 5 heteroatoms. The Morgan fingerprint density at radius 3 is 2.75 bits per heavy atom. The van der Waals surface area contributed by atoms with E-state index < -0.39 is 11.7 Å². The lowest BCUT2D eigenvalue weighted by Crippen LogP contribution is -2.35. The van der Waals surface area contributed by atoms with Crippen LogP contribution in [0.2, 0.25) is 0 Å². The zero-order valence-electron chi connectivity index (χ0n) is 12.5. The van der Waals surface area contributed by atoms with Crippen molar-refractivity contribution in [1.82, 2.24) is 9.88 Å². The Balaban J connectivity index is 2.10. The van der Waals surface area contributed by atoms with Gasteiger partial charge >= 0.3 is 6.09 Å². The summed E-state index contributed by atoms with van der Waals surface area (Å²) in [6.07, 6.45) is 0.775. The number of nitrogens with zero attached hydrogens (tertiary/aromatic N) is 2. The first-order chi connectivity index (χ1) is 9.28. The summed E-state index contributed by atoms with van der Waals surface area (Å²) in [5, 5.41) is 10.2. The zero-order valence-corrected chi connectivity index (χ0v) is 12.5. The van der Waals surface area contributed by atoms with Crippen LogP contribution in [0.5, 0.6) is 0 Å². The van der Waals surface area contributed by atoms with E-state index in [0.29, 0.717) is 13.1 Å². The molecule has 2 unspecified atom stereocenters. The van der Waals surface area contributed by atoms with E-state index in [1.54, 1.807) is 11.1 Å². The highest BCUT2D eigenvalue weighted by atomic mass is 16.6. The highest BCUT2D eigenvalue weighted by Gasteiger charge is 2.37. The number of rotatable bonds is 1. The van der Waals surface area contributed by atoms with Gasteiger partial charge in [-0.05, 0) is 39.3 Å². The lowest BCUT2D eigenvalue weighted by Gasteiger charge is -2.24. The van der Waals surface area contributed by atoms with Gasteiger partial charge in [-0.25, -0.2) is 4.79 Å². The molecular formula is C15H22N2O3. The lowest BCUT2D eigenvalue weighted by atomic mass is 9.95. The van der Waals surface area contributed by atoms with Crippen LogP contribution in [0.4, 0.5) is 4.79 Å². The molecule has 1 saturated heterocycles. The summed E-state index contributed by atoms with van der Waals surface area (Å²) in [6.45, 7) is 8.18. The molecule has 1 aromatic heterocycles. The number of aromatic nitrogens is 1. The second-order valence-electron chi connectivity index (χ2n) is 6.24. The maximum Gasteiger partial charge on any atom is 0.410 e. The molecule has 20 heavy (non-hydrogen) atoms. The number of aliphatic hydroxyl groups excluding tert-OH is 1. The van der Waals surface area contributed by atoms with Gasteiger partial charge in [0.1, 0.15) is 5.60 Å². The van der Waals surface area contributed by atoms with Crippen molar-refractivity contribution in [1.29, 1.82) is 0 Å². The molecule has 1 aliphatic heterocycles. The van der Waals surface area contributed by atoms with Crippen LogP contribution in [-0.4, -0.2) is 45.9 Å². The van der Waals surface area contributed by atoms with Crippen molar-refractivity contribution in [2.75, 3.05) is 13.1 Å². The van der Waals surface area contributed by atoms with Crippen LogP contribution in [0.1, 0.15) is 37.9 Å². The van der Waals surface area contributed by atoms with Crippen molar-refractivity contribution in [3.05, 3.63) is 29.6 Å². The minimum absolute atomic E-state index is 0.101. The molecule has 0 aliphatic carbocycles. The van der Waals surface area contributed by atoms with E-state index in [0.717, 1.165) is 11.3 Å². The van der Waals surface area contributed by atoms with E-state index in [2.05, 4.69) is 4.98 Å². The second-order valence-corrected chi connectivity index (χ2v) is 6.24. The predicted molar refractivity (Wildman–Crippen MR) is 75.5 cm³/mol. The molecule has 2 rings (SSSR count). The molecular weight excluding hydrogens is 256 g/mol. The maximum atomic E-state index is 12.0. The topological polar surface area (TPSA) is 62.7 Å². The molecule has 0 saturated carbocycles. The Labute approximate surface area is 119 Å². The summed E-state index contributed by atoms with van der Waals surface area (Å²) in [7, 11) is 0. The maximum absolute atomic E-state index is 12.0. The number of hydrogen-bond donors (Lipinski definition) is 1. The van der Waals surface area contributed by atoms with E-state index in [1.165, 1.54) is 0 Å². The first-order valence-corrected chi connectivity index (χ1v) is 6.85. The molecule has 1 aliphatic rings. The van der Waals surface area contributed by atoms with Crippen LogP contribution in [0, 0.1) is 6.92 Å². The number of aliphatic hydroxyl groups is 1. The van der Waals surface area contributed by atoms with Crippen LogP contribution in [0.15, 0.2) is 18.3 Å². The van der Waals surface area contributed by atoms with E-state index in [1.807, 2.05) is 39.8 Å². The summed E-state index contributed by atoms with van der Waals surface area (Å²) in [5.41, 5.74) is 1.36. The van der Waals surface area contributed by atoms with Crippen molar-refractivity contribution in [3.63, 3.8) is 0 Å².